The van der Waals surface area contributed by atoms with Crippen molar-refractivity contribution in [3.8, 4) is 0 Å². The molecule has 0 aromatic carbocycles. The van der Waals surface area contributed by atoms with Crippen molar-refractivity contribution in [3.05, 3.63) is 0 Å². The summed E-state index contributed by atoms with van der Waals surface area (Å²) in [7, 11) is -11.2. The summed E-state index contributed by atoms with van der Waals surface area (Å²) in [5.41, 5.74) is 0. The van der Waals surface area contributed by atoms with Crippen molar-refractivity contribution in [1.82, 2.24) is 12.3 Å². The molecule has 0 aliphatic carbocycles. The fraction of sp³-hybridized carbons (Fsp3) is 0. The van der Waals surface area contributed by atoms with Gasteiger partial charge in [0.25, 0.3) is 0 Å². The molecule has 0 amide bonds. The lowest BCUT2D eigenvalue weighted by molar-refractivity contribution is 0.479. The van der Waals surface area contributed by atoms with E-state index in [0.29, 0.717) is 0 Å². The van der Waals surface area contributed by atoms with Gasteiger partial charge >= 0.3 is 0 Å². The van der Waals surface area contributed by atoms with Crippen LogP contribution in [-0.2, 0) is 18.3 Å². The second kappa shape index (κ2) is 4.87. The lowest BCUT2D eigenvalue weighted by Gasteiger charge is -2.07. The summed E-state index contributed by atoms with van der Waals surface area (Å²) >= 11 is 0. The van der Waals surface area contributed by atoms with Gasteiger partial charge < -0.3 is 21.4 Å². The molecular formula is H8N2O6S3. The molecule has 72 valence electrons. The van der Waals surface area contributed by atoms with E-state index >= 15 is 0 Å². The van der Waals surface area contributed by atoms with Crippen molar-refractivity contribution in [2.24, 2.45) is 0 Å². The lowest BCUT2D eigenvalue weighted by Crippen LogP contribution is -1.98. The summed E-state index contributed by atoms with van der Waals surface area (Å²) in [6.45, 7) is 0. The SMILES string of the molecule is O=S(=O)([O-])SS(=O)(=O)[O-].[NH4+].[NH4+]. The van der Waals surface area contributed by atoms with Gasteiger partial charge in [-0.2, -0.15) is 0 Å². The van der Waals surface area contributed by atoms with Crippen LogP contribution in [0.5, 0.6) is 0 Å². The van der Waals surface area contributed by atoms with Gasteiger partial charge in [0, 0.05) is 0 Å². The van der Waals surface area contributed by atoms with Crippen LogP contribution >= 0.6 is 9.83 Å². The Kier molecular flexibility index (Phi) is 7.63. The normalized spacial score (nSPS) is 11.1. The third-order valence-corrected chi connectivity index (χ3v) is 4.50. The monoisotopic (exact) mass is 228 g/mol. The van der Waals surface area contributed by atoms with Gasteiger partial charge in [-0.25, -0.2) is 16.8 Å². The average Bonchev–Trinajstić information content (AvgIpc) is 1.14. The fourth-order valence-electron chi connectivity index (χ4n) is 0.102. The van der Waals surface area contributed by atoms with Gasteiger partial charge in [-0.15, -0.1) is 0 Å². The molecule has 0 aliphatic heterocycles. The van der Waals surface area contributed by atoms with Crippen LogP contribution in [0.2, 0.25) is 0 Å². The Balaban J connectivity index is -0.000000320. The molecule has 0 rings (SSSR count). The van der Waals surface area contributed by atoms with E-state index in [1.807, 2.05) is 0 Å². The van der Waals surface area contributed by atoms with E-state index in [1.165, 1.54) is 0 Å². The molecule has 0 saturated heterocycles. The Morgan fingerprint density at radius 3 is 1.00 bits per heavy atom. The number of rotatable bonds is 2. The molecule has 0 atom stereocenters. The highest BCUT2D eigenvalue weighted by atomic mass is 33.5. The quantitative estimate of drug-likeness (QED) is 0.465. The molecule has 0 radical (unpaired) electrons. The molecule has 0 aliphatic rings. The molecular weight excluding hydrogens is 220 g/mol. The van der Waals surface area contributed by atoms with Crippen LogP contribution in [0.25, 0.3) is 0 Å². The van der Waals surface area contributed by atoms with Gasteiger partial charge in [0.15, 0.2) is 18.3 Å². The van der Waals surface area contributed by atoms with Gasteiger partial charge in [-0.05, 0) is 0 Å². The molecule has 0 heterocycles. The Morgan fingerprint density at radius 1 is 0.818 bits per heavy atom. The maximum Gasteiger partial charge on any atom is 0.162 e. The van der Waals surface area contributed by atoms with Crippen LogP contribution < -0.4 is 12.3 Å². The first kappa shape index (κ1) is 17.3. The van der Waals surface area contributed by atoms with Crippen LogP contribution in [0.4, 0.5) is 0 Å². The summed E-state index contributed by atoms with van der Waals surface area (Å²) in [5, 5.41) is 0. The van der Waals surface area contributed by atoms with E-state index in [0.717, 1.165) is 0 Å². The average molecular weight is 228 g/mol. The highest BCUT2D eigenvalue weighted by molar-refractivity contribution is 9.01. The summed E-state index contributed by atoms with van der Waals surface area (Å²) in [4.78, 5) is 0. The number of hydrogen-bond donors (Lipinski definition) is 2. The standard InChI is InChI=1S/2H3N.H2O6S3/c;;1-8(2,3)7-9(4,5)6/h2*1H3;(H,1,2,3)(H,4,5,6). The highest BCUT2D eigenvalue weighted by Crippen LogP contribution is 2.15. The fourth-order valence-corrected chi connectivity index (χ4v) is 2.76. The Morgan fingerprint density at radius 2 is 1.00 bits per heavy atom. The van der Waals surface area contributed by atoms with Gasteiger partial charge in [-0.3, -0.25) is 0 Å². The van der Waals surface area contributed by atoms with E-state index in [9.17, 15) is 25.9 Å². The Bertz CT molecular complexity index is 241. The van der Waals surface area contributed by atoms with E-state index in [2.05, 4.69) is 0 Å². The van der Waals surface area contributed by atoms with Crippen molar-refractivity contribution in [2.75, 3.05) is 0 Å². The smallest absolute Gasteiger partial charge is 0.162 e. The minimum Gasteiger partial charge on any atom is -0.739 e. The van der Waals surface area contributed by atoms with Crippen molar-refractivity contribution in [3.63, 3.8) is 0 Å². The molecule has 0 fully saturated rings. The van der Waals surface area contributed by atoms with Crippen molar-refractivity contribution >= 4 is 28.1 Å². The van der Waals surface area contributed by atoms with Gasteiger partial charge in [0.2, 0.25) is 0 Å². The van der Waals surface area contributed by atoms with Crippen molar-refractivity contribution < 1.29 is 25.9 Å². The third-order valence-electron chi connectivity index (χ3n) is 0.167. The molecule has 11 heteroatoms. The predicted octanol–water partition coefficient (Wildman–Crippen LogP) is -0.608. The zero-order chi connectivity index (χ0) is 7.71. The maximum atomic E-state index is 9.48. The zero-order valence-electron chi connectivity index (χ0n) is 5.67. The first-order chi connectivity index (χ1) is 3.71. The largest absolute Gasteiger partial charge is 0.739 e. The van der Waals surface area contributed by atoms with Gasteiger partial charge in [0.1, 0.15) is 0 Å². The summed E-state index contributed by atoms with van der Waals surface area (Å²) in [6.07, 6.45) is 0. The molecule has 8 N–H and O–H groups in total. The van der Waals surface area contributed by atoms with Crippen LogP contribution in [0.1, 0.15) is 0 Å². The molecule has 0 unspecified atom stereocenters. The first-order valence-corrected chi connectivity index (χ1v) is 6.00. The first-order valence-electron chi connectivity index (χ1n) is 1.33. The minimum absolute atomic E-state index is 0. The predicted molar refractivity (Wildman–Crippen MR) is 39.0 cm³/mol. The second-order valence-corrected chi connectivity index (χ2v) is 6.74. The lowest BCUT2D eigenvalue weighted by atomic mass is 14.0. The highest BCUT2D eigenvalue weighted by Gasteiger charge is 2.01. The molecule has 0 aromatic heterocycles. The second-order valence-electron chi connectivity index (χ2n) is 0.885. The van der Waals surface area contributed by atoms with Crippen LogP contribution in [-0.4, -0.2) is 25.9 Å². The Hall–Kier alpha value is 0.0900. The van der Waals surface area contributed by atoms with E-state index in [-0.39, 0.29) is 12.3 Å². The maximum absolute atomic E-state index is 9.48. The molecule has 0 bridgehead atoms. The molecule has 0 spiro atoms. The van der Waals surface area contributed by atoms with Gasteiger partial charge in [0.05, 0.1) is 9.83 Å². The Labute approximate surface area is 66.8 Å². The van der Waals surface area contributed by atoms with Gasteiger partial charge in [-0.1, -0.05) is 0 Å². The molecule has 11 heavy (non-hydrogen) atoms. The van der Waals surface area contributed by atoms with Crippen LogP contribution in [0, 0.1) is 0 Å². The summed E-state index contributed by atoms with van der Waals surface area (Å²) in [6, 6.07) is 0. The zero-order valence-corrected chi connectivity index (χ0v) is 8.12. The summed E-state index contributed by atoms with van der Waals surface area (Å²) < 4.78 is 56.9. The summed E-state index contributed by atoms with van der Waals surface area (Å²) in [5.74, 6) is 0. The molecule has 8 nitrogen and oxygen atoms in total. The third kappa shape index (κ3) is 17.8. The number of hydrogen-bond acceptors (Lipinski definition) is 7. The molecule has 0 saturated carbocycles. The van der Waals surface area contributed by atoms with Crippen LogP contribution in [0.3, 0.4) is 0 Å². The number of quaternary nitrogens is 2. The minimum atomic E-state index is -5.02. The molecule has 0 aromatic rings. The van der Waals surface area contributed by atoms with Crippen molar-refractivity contribution in [2.45, 2.75) is 0 Å². The topological polar surface area (TPSA) is 187 Å². The van der Waals surface area contributed by atoms with Crippen LogP contribution in [0.15, 0.2) is 0 Å². The van der Waals surface area contributed by atoms with E-state index < -0.39 is 28.1 Å². The van der Waals surface area contributed by atoms with Crippen molar-refractivity contribution in [1.29, 1.82) is 0 Å². The van der Waals surface area contributed by atoms with E-state index in [4.69, 9.17) is 0 Å². The van der Waals surface area contributed by atoms with E-state index in [1.54, 1.807) is 0 Å².